The summed E-state index contributed by atoms with van der Waals surface area (Å²) in [5, 5.41) is 0. The van der Waals surface area contributed by atoms with Crippen molar-refractivity contribution in [3.8, 4) is 5.75 Å². The molecule has 5 rings (SSSR count). The molecular formula is C36H51F5N2O4S. The number of ether oxygens (including phenoxy) is 1. The first kappa shape index (κ1) is 37.2. The van der Waals surface area contributed by atoms with Gasteiger partial charge in [0.05, 0.1) is 0 Å². The molecule has 3 aliphatic carbocycles. The van der Waals surface area contributed by atoms with Gasteiger partial charge in [-0.15, -0.1) is 0 Å². The van der Waals surface area contributed by atoms with Crippen molar-refractivity contribution in [3.63, 3.8) is 0 Å². The summed E-state index contributed by atoms with van der Waals surface area (Å²) >= 11 is 0. The van der Waals surface area contributed by atoms with Crippen molar-refractivity contribution in [2.45, 2.75) is 115 Å². The van der Waals surface area contributed by atoms with Crippen LogP contribution in [0.5, 0.6) is 5.75 Å². The number of Topliss-reactive ketones (excluding diaryl/α,β-unsaturated/α-hetero) is 1. The number of hydrogen-bond donors (Lipinski definition) is 0. The molecule has 1 unspecified atom stereocenters. The summed E-state index contributed by atoms with van der Waals surface area (Å²) in [6, 6.07) is 4.70. The van der Waals surface area contributed by atoms with E-state index < -0.39 is 35.7 Å². The van der Waals surface area contributed by atoms with Crippen molar-refractivity contribution in [1.29, 1.82) is 0 Å². The Hall–Kier alpha value is -2.08. The molecule has 1 saturated heterocycles. The topological polar surface area (TPSA) is 66.9 Å². The highest BCUT2D eigenvalue weighted by molar-refractivity contribution is 7.84. The summed E-state index contributed by atoms with van der Waals surface area (Å²) < 4.78 is 83.0. The average Bonchev–Trinajstić information content (AvgIpc) is 3.33. The smallest absolute Gasteiger partial charge is 0.410 e. The third kappa shape index (κ3) is 7.64. The number of ketones is 1. The van der Waals surface area contributed by atoms with Crippen LogP contribution in [0, 0.1) is 23.2 Å². The fourth-order valence-electron chi connectivity index (χ4n) is 9.21. The van der Waals surface area contributed by atoms with Crippen LogP contribution in [0.4, 0.5) is 26.7 Å². The molecule has 1 heterocycles. The summed E-state index contributed by atoms with van der Waals surface area (Å²) in [5.41, 5.74) is 3.04. The molecule has 0 N–H and O–H groups in total. The fourth-order valence-corrected chi connectivity index (χ4v) is 10.4. The molecule has 12 heteroatoms. The van der Waals surface area contributed by atoms with Gasteiger partial charge in [0, 0.05) is 59.7 Å². The number of fused-ring (bicyclic) bond motifs is 5. The molecular weight excluding hydrogens is 651 g/mol. The van der Waals surface area contributed by atoms with Crippen LogP contribution >= 0.6 is 0 Å². The van der Waals surface area contributed by atoms with Crippen LogP contribution in [-0.2, 0) is 28.4 Å². The first-order valence-electron chi connectivity index (χ1n) is 17.7. The lowest BCUT2D eigenvalue weighted by Gasteiger charge is -2.52. The Kier molecular flexibility index (Phi) is 11.3. The fraction of sp³-hybridized carbons (Fsp3) is 0.778. The second kappa shape index (κ2) is 14.6. The highest BCUT2D eigenvalue weighted by atomic mass is 32.2. The molecule has 2 saturated carbocycles. The maximum absolute atomic E-state index is 13.3. The molecule has 1 aromatic rings. The molecule has 1 aliphatic heterocycles. The van der Waals surface area contributed by atoms with E-state index >= 15 is 0 Å². The highest BCUT2D eigenvalue weighted by Gasteiger charge is 2.57. The van der Waals surface area contributed by atoms with Gasteiger partial charge < -0.3 is 14.5 Å². The maximum atomic E-state index is 13.3. The molecule has 0 bridgehead atoms. The molecule has 0 spiro atoms. The predicted octanol–water partition coefficient (Wildman–Crippen LogP) is 7.93. The summed E-state index contributed by atoms with van der Waals surface area (Å²) in [7, 11) is 2.61. The molecule has 0 aromatic heterocycles. The monoisotopic (exact) mass is 702 g/mol. The number of alkyl halides is 5. The first-order chi connectivity index (χ1) is 22.6. The standard InChI is InChI=1S/C36H51F5N2O4S/c1-5-23-21-28-25(22-30(23)47-33(45)43-16-12-26(13-17-43)42(3)4)20-24(32-27(28)11-15-34(2)29(32)9-10-31(34)44)8-6-18-48(46)19-7-14-35(37,38)36(39,40)41/h21-22,24,26-27,29,32H,5-20H2,1-4H3/t24-,27-,29+,32-,34+,48?/m1/s1. The lowest BCUT2D eigenvalue weighted by Crippen LogP contribution is -2.46. The van der Waals surface area contributed by atoms with Crippen molar-refractivity contribution < 1.29 is 40.5 Å². The number of carbonyl (C=O) groups excluding carboxylic acids is 2. The predicted molar refractivity (Wildman–Crippen MR) is 176 cm³/mol. The lowest BCUT2D eigenvalue weighted by molar-refractivity contribution is -0.284. The van der Waals surface area contributed by atoms with Crippen LogP contribution in [0.25, 0.3) is 0 Å². The van der Waals surface area contributed by atoms with Gasteiger partial charge in [-0.3, -0.25) is 9.00 Å². The first-order valence-corrected chi connectivity index (χ1v) is 19.2. The summed E-state index contributed by atoms with van der Waals surface area (Å²) in [4.78, 5) is 30.4. The zero-order valence-electron chi connectivity index (χ0n) is 28.7. The zero-order valence-corrected chi connectivity index (χ0v) is 29.5. The Morgan fingerprint density at radius 1 is 1.06 bits per heavy atom. The average molecular weight is 703 g/mol. The number of hydrogen-bond acceptors (Lipinski definition) is 5. The number of nitrogens with zero attached hydrogens (tertiary/aromatic N) is 2. The molecule has 6 atom stereocenters. The molecule has 270 valence electrons. The molecule has 0 radical (unpaired) electrons. The van der Waals surface area contributed by atoms with Crippen molar-refractivity contribution in [2.24, 2.45) is 23.2 Å². The normalized spacial score (nSPS) is 28.6. The summed E-state index contributed by atoms with van der Waals surface area (Å²) in [5.74, 6) is -2.88. The quantitative estimate of drug-likeness (QED) is 0.219. The number of piperidine rings is 1. The lowest BCUT2D eigenvalue weighted by atomic mass is 9.52. The number of aryl methyl sites for hydroxylation is 1. The van der Waals surface area contributed by atoms with Crippen molar-refractivity contribution in [1.82, 2.24) is 9.80 Å². The van der Waals surface area contributed by atoms with Crippen LogP contribution < -0.4 is 4.74 Å². The summed E-state index contributed by atoms with van der Waals surface area (Å²) in [6.07, 6.45) is -0.109. The Labute approximate surface area is 284 Å². The van der Waals surface area contributed by atoms with E-state index in [1.807, 2.05) is 6.07 Å². The minimum Gasteiger partial charge on any atom is -0.410 e. The number of likely N-dealkylation sites (tertiary alicyclic amines) is 1. The summed E-state index contributed by atoms with van der Waals surface area (Å²) in [6.45, 7) is 5.46. The van der Waals surface area contributed by atoms with E-state index in [4.69, 9.17) is 4.74 Å². The molecule has 48 heavy (non-hydrogen) atoms. The maximum Gasteiger partial charge on any atom is 0.453 e. The third-order valence-electron chi connectivity index (χ3n) is 12.0. The van der Waals surface area contributed by atoms with Crippen LogP contribution in [0.15, 0.2) is 12.1 Å². The molecule has 3 fully saturated rings. The van der Waals surface area contributed by atoms with E-state index in [1.54, 1.807) is 4.90 Å². The number of rotatable bonds is 11. The van der Waals surface area contributed by atoms with Gasteiger partial charge in [-0.2, -0.15) is 22.0 Å². The van der Waals surface area contributed by atoms with E-state index in [0.29, 0.717) is 49.9 Å². The molecule has 4 aliphatic rings. The highest BCUT2D eigenvalue weighted by Crippen LogP contribution is 2.62. The third-order valence-corrected chi connectivity index (χ3v) is 13.5. The van der Waals surface area contributed by atoms with Gasteiger partial charge in [-0.05, 0) is 125 Å². The van der Waals surface area contributed by atoms with Crippen molar-refractivity contribution in [3.05, 3.63) is 28.8 Å². The van der Waals surface area contributed by atoms with E-state index in [1.165, 1.54) is 5.56 Å². The van der Waals surface area contributed by atoms with Gasteiger partial charge in [0.25, 0.3) is 0 Å². The van der Waals surface area contributed by atoms with Crippen LogP contribution in [0.1, 0.15) is 101 Å². The minimum atomic E-state index is -5.60. The second-order valence-corrected chi connectivity index (χ2v) is 16.7. The van der Waals surface area contributed by atoms with E-state index in [0.717, 1.165) is 56.1 Å². The van der Waals surface area contributed by atoms with E-state index in [2.05, 4.69) is 38.9 Å². The van der Waals surface area contributed by atoms with E-state index in [9.17, 15) is 35.8 Å². The van der Waals surface area contributed by atoms with Crippen molar-refractivity contribution in [2.75, 3.05) is 38.7 Å². The van der Waals surface area contributed by atoms with Gasteiger partial charge in [0.15, 0.2) is 0 Å². The number of benzene rings is 1. The van der Waals surface area contributed by atoms with Gasteiger partial charge in [0.2, 0.25) is 0 Å². The van der Waals surface area contributed by atoms with Gasteiger partial charge in [-0.25, -0.2) is 4.79 Å². The molecule has 6 nitrogen and oxygen atoms in total. The van der Waals surface area contributed by atoms with Gasteiger partial charge in [-0.1, -0.05) is 19.9 Å². The van der Waals surface area contributed by atoms with E-state index in [-0.39, 0.29) is 46.7 Å². The SMILES string of the molecule is CCc1cc2c(cc1OC(=O)N1CCC(N(C)C)CC1)C[C@@H](CCCS(=O)CCCC(F)(F)C(F)(F)F)[C@@H]1[C@@H]2CC[C@]2(C)C(=O)CC[C@@H]12. The van der Waals surface area contributed by atoms with Crippen molar-refractivity contribution >= 4 is 22.7 Å². The minimum absolute atomic E-state index is 0.186. The van der Waals surface area contributed by atoms with Crippen LogP contribution in [0.2, 0.25) is 0 Å². The van der Waals surface area contributed by atoms with Gasteiger partial charge >= 0.3 is 18.2 Å². The largest absolute Gasteiger partial charge is 0.453 e. The van der Waals surface area contributed by atoms with Crippen LogP contribution in [0.3, 0.4) is 0 Å². The van der Waals surface area contributed by atoms with Crippen LogP contribution in [-0.4, -0.2) is 82.7 Å². The Balaban J connectivity index is 1.30. The van der Waals surface area contributed by atoms with Gasteiger partial charge in [0.1, 0.15) is 11.5 Å². The number of halogens is 5. The Morgan fingerprint density at radius 3 is 2.40 bits per heavy atom. The zero-order chi connectivity index (χ0) is 35.0. The second-order valence-electron chi connectivity index (χ2n) is 15.0. The number of amides is 1. The molecule has 1 aromatic carbocycles. The Bertz CT molecular complexity index is 1360. The molecule has 1 amide bonds. The number of carbonyl (C=O) groups is 2. The Morgan fingerprint density at radius 2 is 1.75 bits per heavy atom.